The molecule has 2 aromatic carbocycles. The Bertz CT molecular complexity index is 782. The highest BCUT2D eigenvalue weighted by Crippen LogP contribution is 2.28. The molecule has 136 valence electrons. The molecule has 1 aliphatic heterocycles. The summed E-state index contributed by atoms with van der Waals surface area (Å²) in [6.45, 7) is 4.83. The van der Waals surface area contributed by atoms with Crippen LogP contribution in [-0.4, -0.2) is 25.5 Å². The number of carbonyl (C=O) groups excluding carboxylic acids is 2. The summed E-state index contributed by atoms with van der Waals surface area (Å²) in [5.74, 6) is 0.106. The molecule has 0 saturated carbocycles. The van der Waals surface area contributed by atoms with Gasteiger partial charge in [-0.15, -0.1) is 0 Å². The number of anilines is 2. The molecule has 26 heavy (non-hydrogen) atoms. The fourth-order valence-electron chi connectivity index (χ4n) is 3.12. The molecule has 5 nitrogen and oxygen atoms in total. The Balaban J connectivity index is 1.66. The largest absolute Gasteiger partial charge is 0.497 e. The lowest BCUT2D eigenvalue weighted by Crippen LogP contribution is -2.33. The zero-order valence-corrected chi connectivity index (χ0v) is 15.4. The van der Waals surface area contributed by atoms with Crippen molar-refractivity contribution in [3.8, 4) is 5.75 Å². The molecule has 1 N–H and O–H groups in total. The van der Waals surface area contributed by atoms with Crippen LogP contribution in [0.1, 0.15) is 31.7 Å². The molecular weight excluding hydrogens is 328 g/mol. The van der Waals surface area contributed by atoms with Crippen molar-refractivity contribution in [2.75, 3.05) is 23.9 Å². The summed E-state index contributed by atoms with van der Waals surface area (Å²) in [5.41, 5.74) is 2.73. The molecule has 0 radical (unpaired) electrons. The number of hydrogen-bond acceptors (Lipinski definition) is 3. The minimum atomic E-state index is -0.651. The van der Waals surface area contributed by atoms with Crippen LogP contribution in [0.25, 0.3) is 0 Å². The molecule has 1 fully saturated rings. The third-order valence-electron chi connectivity index (χ3n) is 4.75. The second-order valence-electron chi connectivity index (χ2n) is 6.80. The van der Waals surface area contributed by atoms with Crippen LogP contribution in [0, 0.1) is 5.92 Å². The van der Waals surface area contributed by atoms with Gasteiger partial charge in [-0.05, 0) is 54.3 Å². The smallest absolute Gasteiger partial charge is 0.239 e. The van der Waals surface area contributed by atoms with E-state index in [1.807, 2.05) is 24.3 Å². The average molecular weight is 352 g/mol. The molecule has 1 heterocycles. The standard InChI is InChI=1S/C21H24N2O3/c1-14(2)15-4-8-17(9-5-15)23-13-12-19(21(23)25)20(24)22-16-6-10-18(26-3)11-7-16/h4-11,14,19H,12-13H2,1-3H3,(H,22,24). The lowest BCUT2D eigenvalue weighted by Gasteiger charge is -2.18. The molecule has 5 heteroatoms. The van der Waals surface area contributed by atoms with Gasteiger partial charge in [0, 0.05) is 17.9 Å². The van der Waals surface area contributed by atoms with Gasteiger partial charge >= 0.3 is 0 Å². The Kier molecular flexibility index (Phi) is 5.26. The fourth-order valence-corrected chi connectivity index (χ4v) is 3.12. The SMILES string of the molecule is COc1ccc(NC(=O)C2CCN(c3ccc(C(C)C)cc3)C2=O)cc1. The molecule has 1 aliphatic rings. The topological polar surface area (TPSA) is 58.6 Å². The van der Waals surface area contributed by atoms with Gasteiger partial charge in [0.2, 0.25) is 11.8 Å². The average Bonchev–Trinajstić information content (AvgIpc) is 3.04. The maximum absolute atomic E-state index is 12.7. The molecular formula is C21H24N2O3. The van der Waals surface area contributed by atoms with Crippen LogP contribution in [-0.2, 0) is 9.59 Å². The van der Waals surface area contributed by atoms with Crippen molar-refractivity contribution >= 4 is 23.2 Å². The molecule has 0 aromatic heterocycles. The number of nitrogens with zero attached hydrogens (tertiary/aromatic N) is 1. The van der Waals surface area contributed by atoms with Crippen LogP contribution < -0.4 is 15.0 Å². The van der Waals surface area contributed by atoms with E-state index >= 15 is 0 Å². The predicted molar refractivity (Wildman–Crippen MR) is 103 cm³/mol. The third-order valence-corrected chi connectivity index (χ3v) is 4.75. The summed E-state index contributed by atoms with van der Waals surface area (Å²) in [6.07, 6.45) is 0.521. The first-order valence-electron chi connectivity index (χ1n) is 8.86. The van der Waals surface area contributed by atoms with Crippen LogP contribution in [0.5, 0.6) is 5.75 Å². The summed E-state index contributed by atoms with van der Waals surface area (Å²) >= 11 is 0. The number of benzene rings is 2. The van der Waals surface area contributed by atoms with Crippen molar-refractivity contribution in [1.29, 1.82) is 0 Å². The highest BCUT2D eigenvalue weighted by atomic mass is 16.5. The molecule has 1 atom stereocenters. The van der Waals surface area contributed by atoms with Crippen LogP contribution >= 0.6 is 0 Å². The Morgan fingerprint density at radius 3 is 2.35 bits per heavy atom. The predicted octanol–water partition coefficient (Wildman–Crippen LogP) is 3.81. The number of methoxy groups -OCH3 is 1. The van der Waals surface area contributed by atoms with Gasteiger partial charge in [0.05, 0.1) is 7.11 Å². The van der Waals surface area contributed by atoms with Crippen LogP contribution in [0.3, 0.4) is 0 Å². The zero-order valence-electron chi connectivity index (χ0n) is 15.4. The van der Waals surface area contributed by atoms with Gasteiger partial charge in [-0.25, -0.2) is 0 Å². The van der Waals surface area contributed by atoms with Crippen molar-refractivity contribution in [3.05, 3.63) is 54.1 Å². The van der Waals surface area contributed by atoms with Crippen LogP contribution in [0.15, 0.2) is 48.5 Å². The van der Waals surface area contributed by atoms with E-state index in [1.54, 1.807) is 36.3 Å². The Morgan fingerprint density at radius 1 is 1.12 bits per heavy atom. The van der Waals surface area contributed by atoms with Crippen molar-refractivity contribution in [2.24, 2.45) is 5.92 Å². The number of nitrogens with one attached hydrogen (secondary N) is 1. The van der Waals surface area contributed by atoms with Crippen molar-refractivity contribution < 1.29 is 14.3 Å². The van der Waals surface area contributed by atoms with Gasteiger partial charge in [0.25, 0.3) is 0 Å². The van der Waals surface area contributed by atoms with E-state index in [4.69, 9.17) is 4.74 Å². The number of rotatable bonds is 5. The fraction of sp³-hybridized carbons (Fsp3) is 0.333. The van der Waals surface area contributed by atoms with Crippen LogP contribution in [0.2, 0.25) is 0 Å². The van der Waals surface area contributed by atoms with E-state index in [0.29, 0.717) is 24.6 Å². The third kappa shape index (κ3) is 3.72. The molecule has 2 amide bonds. The van der Waals surface area contributed by atoms with E-state index in [1.165, 1.54) is 5.56 Å². The molecule has 1 saturated heterocycles. The molecule has 2 aromatic rings. The van der Waals surface area contributed by atoms with E-state index in [0.717, 1.165) is 11.4 Å². The maximum Gasteiger partial charge on any atom is 0.239 e. The quantitative estimate of drug-likeness (QED) is 0.833. The maximum atomic E-state index is 12.7. The Labute approximate surface area is 154 Å². The molecule has 0 spiro atoms. The summed E-state index contributed by atoms with van der Waals surface area (Å²) < 4.78 is 5.10. The molecule has 1 unspecified atom stereocenters. The lowest BCUT2D eigenvalue weighted by molar-refractivity contribution is -0.129. The number of carbonyl (C=O) groups is 2. The van der Waals surface area contributed by atoms with Gasteiger partial charge in [0.1, 0.15) is 11.7 Å². The Hall–Kier alpha value is -2.82. The first-order chi connectivity index (χ1) is 12.5. The molecule has 3 rings (SSSR count). The summed E-state index contributed by atoms with van der Waals surface area (Å²) in [5, 5.41) is 2.82. The molecule has 0 bridgehead atoms. The Morgan fingerprint density at radius 2 is 1.77 bits per heavy atom. The number of hydrogen-bond donors (Lipinski definition) is 1. The van der Waals surface area contributed by atoms with Crippen molar-refractivity contribution in [3.63, 3.8) is 0 Å². The number of ether oxygens (including phenoxy) is 1. The summed E-state index contributed by atoms with van der Waals surface area (Å²) in [7, 11) is 1.59. The summed E-state index contributed by atoms with van der Waals surface area (Å²) in [4.78, 5) is 26.9. The molecule has 0 aliphatic carbocycles. The lowest BCUT2D eigenvalue weighted by atomic mass is 10.0. The first kappa shape index (κ1) is 18.0. The van der Waals surface area contributed by atoms with Gasteiger partial charge in [-0.1, -0.05) is 26.0 Å². The second-order valence-corrected chi connectivity index (χ2v) is 6.80. The minimum absolute atomic E-state index is 0.145. The van der Waals surface area contributed by atoms with Crippen molar-refractivity contribution in [1.82, 2.24) is 0 Å². The normalized spacial score (nSPS) is 16.8. The highest BCUT2D eigenvalue weighted by molar-refractivity contribution is 6.13. The van der Waals surface area contributed by atoms with Gasteiger partial charge < -0.3 is 15.0 Å². The van der Waals surface area contributed by atoms with E-state index in [2.05, 4.69) is 19.2 Å². The van der Waals surface area contributed by atoms with Crippen molar-refractivity contribution in [2.45, 2.75) is 26.2 Å². The number of amides is 2. The van der Waals surface area contributed by atoms with E-state index < -0.39 is 5.92 Å². The highest BCUT2D eigenvalue weighted by Gasteiger charge is 2.37. The van der Waals surface area contributed by atoms with Gasteiger partial charge in [-0.2, -0.15) is 0 Å². The van der Waals surface area contributed by atoms with E-state index in [-0.39, 0.29) is 11.8 Å². The summed E-state index contributed by atoms with van der Waals surface area (Å²) in [6, 6.07) is 15.1. The van der Waals surface area contributed by atoms with Gasteiger partial charge in [-0.3, -0.25) is 9.59 Å². The first-order valence-corrected chi connectivity index (χ1v) is 8.86. The second kappa shape index (κ2) is 7.60. The minimum Gasteiger partial charge on any atom is -0.497 e. The van der Waals surface area contributed by atoms with Crippen LogP contribution in [0.4, 0.5) is 11.4 Å². The zero-order chi connectivity index (χ0) is 18.7. The monoisotopic (exact) mass is 352 g/mol. The van der Waals surface area contributed by atoms with E-state index in [9.17, 15) is 9.59 Å². The van der Waals surface area contributed by atoms with Gasteiger partial charge in [0.15, 0.2) is 0 Å².